The normalized spacial score (nSPS) is 14.4. The third-order valence-electron chi connectivity index (χ3n) is 5.38. The van der Waals surface area contributed by atoms with E-state index in [1.165, 1.54) is 12.4 Å². The minimum absolute atomic E-state index is 0.0376. The number of hydrogen-bond acceptors (Lipinski definition) is 5. The first kappa shape index (κ1) is 19.9. The average Bonchev–Trinajstić information content (AvgIpc) is 3.25. The summed E-state index contributed by atoms with van der Waals surface area (Å²) in [6.45, 7) is 1.75. The van der Waals surface area contributed by atoms with Crippen molar-refractivity contribution in [1.29, 1.82) is 0 Å². The third-order valence-corrected chi connectivity index (χ3v) is 5.38. The first-order valence-corrected chi connectivity index (χ1v) is 9.37. The molecule has 2 unspecified atom stereocenters. The molecule has 2 heterocycles. The second-order valence-electron chi connectivity index (χ2n) is 7.17. The number of methoxy groups -OCH3 is 1. The highest BCUT2D eigenvalue weighted by Crippen LogP contribution is 2.40. The lowest BCUT2D eigenvalue weighted by Crippen LogP contribution is -2.36. The van der Waals surface area contributed by atoms with Crippen LogP contribution in [0, 0.1) is 11.6 Å². The fourth-order valence-electron chi connectivity index (χ4n) is 3.63. The van der Waals surface area contributed by atoms with E-state index in [4.69, 9.17) is 4.74 Å². The zero-order valence-corrected chi connectivity index (χ0v) is 16.4. The minimum atomic E-state index is -1.75. The van der Waals surface area contributed by atoms with Gasteiger partial charge in [0, 0.05) is 35.0 Å². The Hall–Kier alpha value is -3.39. The number of benzene rings is 2. The van der Waals surface area contributed by atoms with Crippen LogP contribution < -0.4 is 4.74 Å². The number of halogens is 2. The van der Waals surface area contributed by atoms with E-state index in [0.717, 1.165) is 17.5 Å². The van der Waals surface area contributed by atoms with Gasteiger partial charge in [0.15, 0.2) is 0 Å². The van der Waals surface area contributed by atoms with Gasteiger partial charge in [-0.15, -0.1) is 0 Å². The summed E-state index contributed by atoms with van der Waals surface area (Å²) >= 11 is 0. The van der Waals surface area contributed by atoms with Gasteiger partial charge in [0.05, 0.1) is 12.6 Å². The molecule has 0 aliphatic heterocycles. The Kier molecular flexibility index (Phi) is 5.17. The van der Waals surface area contributed by atoms with Crippen LogP contribution in [-0.4, -0.2) is 32.4 Å². The van der Waals surface area contributed by atoms with E-state index < -0.39 is 23.2 Å². The molecule has 0 radical (unpaired) electrons. The molecule has 0 bridgehead atoms. The fraction of sp³-hybridized carbons (Fsp3) is 0.227. The summed E-state index contributed by atoms with van der Waals surface area (Å²) in [5.74, 6) is -1.12. The number of nitrogens with zero attached hydrogens (tertiary/aromatic N) is 3. The number of hydrogen-bond donors (Lipinski definition) is 2. The average molecular weight is 410 g/mol. The molecule has 154 valence electrons. The van der Waals surface area contributed by atoms with Crippen molar-refractivity contribution < 1.29 is 18.6 Å². The van der Waals surface area contributed by atoms with Crippen molar-refractivity contribution in [3.63, 3.8) is 0 Å². The monoisotopic (exact) mass is 410 g/mol. The second-order valence-corrected chi connectivity index (χ2v) is 7.17. The Bertz CT molecular complexity index is 1180. The number of aromatic nitrogens is 4. The molecule has 2 N–H and O–H groups in total. The Balaban J connectivity index is 1.80. The van der Waals surface area contributed by atoms with Gasteiger partial charge in [0.25, 0.3) is 0 Å². The van der Waals surface area contributed by atoms with E-state index in [0.29, 0.717) is 22.8 Å². The minimum Gasteiger partial charge on any atom is -0.497 e. The van der Waals surface area contributed by atoms with Crippen LogP contribution in [0.2, 0.25) is 0 Å². The third kappa shape index (κ3) is 3.61. The maximum atomic E-state index is 14.7. The van der Waals surface area contributed by atoms with Crippen LogP contribution in [0.15, 0.2) is 54.9 Å². The number of H-pyrrole nitrogens is 1. The Labute approximate surface area is 171 Å². The quantitative estimate of drug-likeness (QED) is 0.504. The molecule has 0 aliphatic carbocycles. The maximum Gasteiger partial charge on any atom is 0.137 e. The zero-order chi connectivity index (χ0) is 21.3. The van der Waals surface area contributed by atoms with Gasteiger partial charge in [-0.1, -0.05) is 19.1 Å². The molecule has 0 fully saturated rings. The number of nitrogens with one attached hydrogen (secondary N) is 1. The van der Waals surface area contributed by atoms with Gasteiger partial charge in [-0.05, 0) is 30.3 Å². The summed E-state index contributed by atoms with van der Waals surface area (Å²) in [6, 6.07) is 12.2. The molecule has 2 aromatic carbocycles. The van der Waals surface area contributed by atoms with Gasteiger partial charge >= 0.3 is 0 Å². The number of ether oxygens (including phenoxy) is 1. The van der Waals surface area contributed by atoms with Crippen LogP contribution >= 0.6 is 0 Å². The topological polar surface area (TPSA) is 83.9 Å². The summed E-state index contributed by atoms with van der Waals surface area (Å²) in [4.78, 5) is 8.72. The number of fused-ring (bicyclic) bond motifs is 1. The van der Waals surface area contributed by atoms with E-state index >= 15 is 0 Å². The first-order chi connectivity index (χ1) is 14.4. The Morgan fingerprint density at radius 2 is 1.97 bits per heavy atom. The molecule has 2 atom stereocenters. The predicted molar refractivity (Wildman–Crippen MR) is 107 cm³/mol. The van der Waals surface area contributed by atoms with Crippen LogP contribution in [0.25, 0.3) is 10.9 Å². The molecule has 0 saturated heterocycles. The highest BCUT2D eigenvalue weighted by molar-refractivity contribution is 5.80. The van der Waals surface area contributed by atoms with Gasteiger partial charge in [-0.3, -0.25) is 10.1 Å². The van der Waals surface area contributed by atoms with Crippen LogP contribution in [-0.2, 0) is 12.0 Å². The molecule has 30 heavy (non-hydrogen) atoms. The van der Waals surface area contributed by atoms with Crippen LogP contribution in [0.1, 0.15) is 29.9 Å². The van der Waals surface area contributed by atoms with Crippen molar-refractivity contribution in [2.45, 2.75) is 24.9 Å². The Morgan fingerprint density at radius 1 is 1.13 bits per heavy atom. The maximum absolute atomic E-state index is 14.7. The van der Waals surface area contributed by atoms with Crippen molar-refractivity contribution in [3.05, 3.63) is 83.6 Å². The number of pyridine rings is 1. The molecule has 0 aliphatic rings. The highest BCUT2D eigenvalue weighted by Gasteiger charge is 2.40. The fourth-order valence-corrected chi connectivity index (χ4v) is 3.63. The lowest BCUT2D eigenvalue weighted by Gasteiger charge is -2.34. The predicted octanol–water partition coefficient (Wildman–Crippen LogP) is 3.87. The standard InChI is InChI=1S/C22H20F2N4O2/c1-13(19-7-3-14-9-16(30-2)5-8-20(14)27-19)22(29,11-21-25-12-26-28-21)17-6-4-15(23)10-18(17)24/h3-10,12-13,29H,11H2,1-2H3,(H,25,26,28). The second kappa shape index (κ2) is 7.79. The van der Waals surface area contributed by atoms with Gasteiger partial charge < -0.3 is 9.84 Å². The van der Waals surface area contributed by atoms with Crippen molar-refractivity contribution in [1.82, 2.24) is 20.2 Å². The highest BCUT2D eigenvalue weighted by atomic mass is 19.1. The first-order valence-electron chi connectivity index (χ1n) is 9.37. The molecule has 0 spiro atoms. The zero-order valence-electron chi connectivity index (χ0n) is 16.4. The lowest BCUT2D eigenvalue weighted by molar-refractivity contribution is 0.00630. The van der Waals surface area contributed by atoms with Gasteiger partial charge in [-0.25, -0.2) is 13.8 Å². The summed E-state index contributed by atoms with van der Waals surface area (Å²) in [7, 11) is 1.59. The van der Waals surface area contributed by atoms with Crippen molar-refractivity contribution >= 4 is 10.9 Å². The summed E-state index contributed by atoms with van der Waals surface area (Å²) in [5.41, 5.74) is -0.519. The van der Waals surface area contributed by atoms with Crippen LogP contribution in [0.3, 0.4) is 0 Å². The molecular weight excluding hydrogens is 390 g/mol. The van der Waals surface area contributed by atoms with Gasteiger partial charge in [-0.2, -0.15) is 5.10 Å². The Morgan fingerprint density at radius 3 is 2.67 bits per heavy atom. The van der Waals surface area contributed by atoms with E-state index in [9.17, 15) is 13.9 Å². The smallest absolute Gasteiger partial charge is 0.137 e. The molecule has 0 saturated carbocycles. The number of aliphatic hydroxyl groups is 1. The van der Waals surface area contributed by atoms with Crippen LogP contribution in [0.4, 0.5) is 8.78 Å². The van der Waals surface area contributed by atoms with Crippen molar-refractivity contribution in [2.75, 3.05) is 7.11 Å². The summed E-state index contributed by atoms with van der Waals surface area (Å²) < 4.78 is 33.4. The van der Waals surface area contributed by atoms with Crippen molar-refractivity contribution in [3.8, 4) is 5.75 Å². The number of rotatable bonds is 6. The van der Waals surface area contributed by atoms with Gasteiger partial charge in [0.2, 0.25) is 0 Å². The van der Waals surface area contributed by atoms with E-state index in [1.807, 2.05) is 18.2 Å². The van der Waals surface area contributed by atoms with E-state index in [1.54, 1.807) is 26.2 Å². The molecular formula is C22H20F2N4O2. The SMILES string of the molecule is COc1ccc2nc(C(C)C(O)(Cc3ncn[nH]3)c3ccc(F)cc3F)ccc2c1. The van der Waals surface area contributed by atoms with Gasteiger partial charge in [0.1, 0.15) is 35.1 Å². The summed E-state index contributed by atoms with van der Waals surface area (Å²) in [6.07, 6.45) is 1.25. The van der Waals surface area contributed by atoms with E-state index in [-0.39, 0.29) is 12.0 Å². The molecule has 4 aromatic rings. The van der Waals surface area contributed by atoms with E-state index in [2.05, 4.69) is 20.2 Å². The molecule has 0 amide bonds. The molecule has 6 nitrogen and oxygen atoms in total. The molecule has 4 rings (SSSR count). The van der Waals surface area contributed by atoms with Crippen molar-refractivity contribution in [2.24, 2.45) is 0 Å². The van der Waals surface area contributed by atoms with Crippen LogP contribution in [0.5, 0.6) is 5.75 Å². The lowest BCUT2D eigenvalue weighted by atomic mass is 9.77. The summed E-state index contributed by atoms with van der Waals surface area (Å²) in [5, 5.41) is 19.1. The molecule has 2 aromatic heterocycles. The largest absolute Gasteiger partial charge is 0.497 e. The number of aromatic amines is 1. The molecule has 8 heteroatoms.